The minimum Gasteiger partial charge on any atom is -0.504 e. The lowest BCUT2D eigenvalue weighted by Gasteiger charge is -2.48. The van der Waals surface area contributed by atoms with Gasteiger partial charge in [0, 0.05) is 0 Å². The fourth-order valence-corrected chi connectivity index (χ4v) is 12.1. The maximum absolute atomic E-state index is 12.5. The van der Waals surface area contributed by atoms with Gasteiger partial charge in [-0.3, -0.25) is 0 Å². The molecule has 0 saturated carbocycles. The molecule has 0 bridgehead atoms. The smallest absolute Gasteiger partial charge is 0.394 e. The van der Waals surface area contributed by atoms with Crippen molar-refractivity contribution in [1.29, 1.82) is 0 Å². The molecule has 0 aromatic rings. The van der Waals surface area contributed by atoms with E-state index in [1.54, 1.807) is 27.7 Å². The van der Waals surface area contributed by atoms with E-state index in [2.05, 4.69) is 0 Å². The van der Waals surface area contributed by atoms with Crippen LogP contribution in [0.15, 0.2) is 0 Å². The van der Waals surface area contributed by atoms with Gasteiger partial charge in [0.1, 0.15) is 128 Å². The summed E-state index contributed by atoms with van der Waals surface area (Å²) < 4.78 is 120. The van der Waals surface area contributed by atoms with Crippen molar-refractivity contribution in [2.45, 2.75) is 230 Å². The van der Waals surface area contributed by atoms with Crippen LogP contribution < -0.4 is 0 Å². The van der Waals surface area contributed by atoms with E-state index in [1.807, 2.05) is 0 Å². The van der Waals surface area contributed by atoms with Crippen LogP contribution in [-0.4, -0.2) is 373 Å². The van der Waals surface area contributed by atoms with Crippen LogP contribution in [0.4, 0.5) is 0 Å². The number of hydrogen-bond acceptors (Lipinski definition) is 32. The second-order valence-corrected chi connectivity index (χ2v) is 22.2. The van der Waals surface area contributed by atoms with E-state index in [0.29, 0.717) is 0 Å². The van der Waals surface area contributed by atoms with Gasteiger partial charge in [0.05, 0.1) is 90.0 Å². The van der Waals surface area contributed by atoms with Gasteiger partial charge in [0.25, 0.3) is 0 Å². The van der Waals surface area contributed by atoms with E-state index in [1.165, 1.54) is 0 Å². The molecule has 8 saturated heterocycles. The lowest BCUT2D eigenvalue weighted by molar-refractivity contribution is -0.385. The number of aliphatic hydroxyl groups excluding tert-OH is 12. The van der Waals surface area contributed by atoms with Gasteiger partial charge in [0.2, 0.25) is 0 Å². The van der Waals surface area contributed by atoms with Crippen LogP contribution >= 0.6 is 0 Å². The zero-order valence-electron chi connectivity index (χ0n) is 45.1. The third-order valence-electron chi connectivity index (χ3n) is 15.0. The van der Waals surface area contributed by atoms with Crippen LogP contribution in [0.25, 0.3) is 0 Å². The van der Waals surface area contributed by atoms with E-state index in [0.717, 1.165) is 49.9 Å². The first-order chi connectivity index (χ1) is 38.8. The Bertz CT molecular complexity index is 1880. The summed E-state index contributed by atoms with van der Waals surface area (Å²) in [6.45, 7) is 2.50. The van der Waals surface area contributed by atoms with Crippen LogP contribution in [0.2, 0.25) is 0 Å². The Morgan fingerprint density at radius 2 is 0.704 bits per heavy atom. The molecule has 0 aromatic heterocycles. The molecule has 8 rings (SSSR count). The monoisotopic (exact) mass is 1220 g/mol. The maximum Gasteiger partial charge on any atom is 0.394 e. The maximum atomic E-state index is 12.5. The van der Waals surface area contributed by atoms with Crippen LogP contribution in [0, 0.1) is 0 Å². The van der Waals surface area contributed by atoms with Gasteiger partial charge in [-0.25, -0.2) is 0 Å². The standard InChI is InChI=1S/C46H75O32.3Al.3H/c1-14(2)67-22-11-65-45(38(30(22)56)78-44-34(60)28(54)19(8-50)72-44)75-23-12-64-41(35(61)36(23)76-42-32(58)26(52)17(6-48)70-42)74-24-13-66-46(73-21-10-63-40(68-15(3)4)31(57)29(21)55)39(69-20-9-62-16(5-47)25(20)51)37(24)77-43-33(59)27(53)18(7-49)71-43;;;;;;/h14-51,55-61H,5-13H2,1-4H3;;;;;;/q-3;3*+1;;;/t16-,17-,18-,19-,20?,21+,22+,23+,24+,25-,26?,27-,28-,29?,30-,31?,32-,33-,34-,35?,36?,37-,38?,39?,40-,41-,42-,43-,44-,45-,46-;;;;;;/m0....../s1. The van der Waals surface area contributed by atoms with Gasteiger partial charge in [-0.05, 0) is 27.7 Å². The summed E-state index contributed by atoms with van der Waals surface area (Å²) in [7, 11) is 0. The lowest BCUT2D eigenvalue weighted by Crippen LogP contribution is -2.65. The third-order valence-corrected chi connectivity index (χ3v) is 16.2. The summed E-state index contributed by atoms with van der Waals surface area (Å²) in [6, 6.07) is 0. The van der Waals surface area contributed by atoms with Crippen molar-refractivity contribution in [2.24, 2.45) is 0 Å². The molecule has 8 heterocycles. The first-order valence-electron chi connectivity index (χ1n) is 26.8. The van der Waals surface area contributed by atoms with Crippen molar-refractivity contribution in [3.05, 3.63) is 0 Å². The van der Waals surface area contributed by atoms with Gasteiger partial charge in [-0.2, -0.15) is 0 Å². The Morgan fingerprint density at radius 3 is 1.19 bits per heavy atom. The molecule has 8 aliphatic rings. The highest BCUT2D eigenvalue weighted by molar-refractivity contribution is 5.98. The molecule has 3 radical (unpaired) electrons. The van der Waals surface area contributed by atoms with Gasteiger partial charge in [-0.1, -0.05) is 0 Å². The predicted octanol–water partition coefficient (Wildman–Crippen LogP) is -10.3. The molecular weight excluding hydrogens is 1150 g/mol. The van der Waals surface area contributed by atoms with Gasteiger partial charge in [0.15, 0.2) is 44.0 Å². The summed E-state index contributed by atoms with van der Waals surface area (Å²) in [5, 5.41) is 132. The topological polar surface area (TPSA) is 427 Å². The van der Waals surface area contributed by atoms with Crippen molar-refractivity contribution in [2.75, 3.05) is 59.5 Å². The minimum absolute atomic E-state index is 0.266. The fraction of sp³-hybridized carbons (Fsp3) is 1.00. The van der Waals surface area contributed by atoms with Crippen molar-refractivity contribution >= 4 is 49.9 Å². The van der Waals surface area contributed by atoms with E-state index in [-0.39, 0.29) is 19.8 Å². The first-order valence-corrected chi connectivity index (χ1v) is 28.6. The highest BCUT2D eigenvalue weighted by atomic mass is 27.1. The molecule has 8 fully saturated rings. The molecule has 0 amide bonds. The highest BCUT2D eigenvalue weighted by Gasteiger charge is 2.58. The van der Waals surface area contributed by atoms with Gasteiger partial charge >= 0.3 is 49.9 Å². The fourth-order valence-electron chi connectivity index (χ4n) is 10.8. The van der Waals surface area contributed by atoms with Crippen LogP contribution in [0.1, 0.15) is 27.7 Å². The molecule has 0 aromatic carbocycles. The van der Waals surface area contributed by atoms with Crippen molar-refractivity contribution in [3.8, 4) is 0 Å². The summed E-state index contributed by atoms with van der Waals surface area (Å²) >= 11 is 3.16. The number of rotatable bonds is 25. The Kier molecular flexibility index (Phi) is 25.5. The SMILES string of the molecule is CC(C)O[C@@H]1OC[C@@H](O[C@@H]2OC[C@@H](O[C@@H]3OC[C@@H](O[C@@H]4OC[C@@H](OC(C)C)[C@H](O)C4O[C@@H]4O[C@@H](CO)[C@H]([O][AlH])[C@@H]4O)C(O[C@@H]4O[C@@H](CO)C([O][AlH])[C@@H]4O)C3O)[C@H](O[C@@H]3O[C@@H](CO)[C@H]([O][AlH])[C@@H]3O)C2OC2CO[C@@H](CO)[C@@H]2O)C(O)C1O. The molecule has 8 aliphatic heterocycles. The zero-order valence-corrected chi connectivity index (χ0v) is 49.3. The predicted molar refractivity (Wildman–Crippen MR) is 261 cm³/mol. The van der Waals surface area contributed by atoms with Crippen LogP contribution in [0.3, 0.4) is 0 Å². The van der Waals surface area contributed by atoms with Crippen molar-refractivity contribution in [1.82, 2.24) is 0 Å². The average Bonchev–Trinajstić information content (AvgIpc) is 4.20. The molecule has 8 unspecified atom stereocenters. The largest absolute Gasteiger partial charge is 0.504 e. The Labute approximate surface area is 490 Å². The van der Waals surface area contributed by atoms with E-state index < -0.39 is 242 Å². The first kappa shape index (κ1) is 67.3. The second kappa shape index (κ2) is 30.7. The van der Waals surface area contributed by atoms with Crippen molar-refractivity contribution in [3.63, 3.8) is 0 Å². The summed E-state index contributed by atoms with van der Waals surface area (Å²) in [4.78, 5) is 0. The summed E-state index contributed by atoms with van der Waals surface area (Å²) in [5.41, 5.74) is 0. The van der Waals surface area contributed by atoms with E-state index >= 15 is 0 Å². The molecule has 463 valence electrons. The summed E-state index contributed by atoms with van der Waals surface area (Å²) in [6.07, 6.45) is -45.1. The minimum atomic E-state index is -1.97. The molecule has 31 atom stereocenters. The van der Waals surface area contributed by atoms with Crippen LogP contribution in [-0.2, 0) is 91.9 Å². The average molecular weight is 1220 g/mol. The molecule has 0 aliphatic carbocycles. The zero-order chi connectivity index (χ0) is 58.6. The van der Waals surface area contributed by atoms with Crippen molar-refractivity contribution < 1.29 is 153 Å². The molecule has 81 heavy (non-hydrogen) atoms. The lowest BCUT2D eigenvalue weighted by atomic mass is 10.0. The molecule has 12 N–H and O–H groups in total. The van der Waals surface area contributed by atoms with Gasteiger partial charge < -0.3 is 153 Å². The van der Waals surface area contributed by atoms with Crippen LogP contribution in [0.5, 0.6) is 0 Å². The Balaban J connectivity index is 1.10. The normalized spacial score (nSPS) is 48.9. The molecule has 32 nitrogen and oxygen atoms in total. The number of hydrogen-bond donors (Lipinski definition) is 12. The van der Waals surface area contributed by atoms with Gasteiger partial charge in [-0.15, -0.1) is 0 Å². The number of ether oxygens (including phenoxy) is 17. The summed E-state index contributed by atoms with van der Waals surface area (Å²) in [5.74, 6) is 0. The molecule has 35 heteroatoms. The molecule has 0 spiro atoms. The van der Waals surface area contributed by atoms with E-state index in [9.17, 15) is 61.3 Å². The third kappa shape index (κ3) is 15.3. The number of aliphatic hydroxyl groups is 12. The highest BCUT2D eigenvalue weighted by Crippen LogP contribution is 2.39. The molecular formula is C46H78Al3O32. The van der Waals surface area contributed by atoms with E-state index in [4.69, 9.17) is 91.9 Å². The Hall–Kier alpha value is 0.317. The quantitative estimate of drug-likeness (QED) is 0.0378. The Morgan fingerprint density at radius 1 is 0.321 bits per heavy atom. The second-order valence-electron chi connectivity index (χ2n) is 21.2.